The number of benzene rings is 1. The van der Waals surface area contributed by atoms with Gasteiger partial charge in [-0.1, -0.05) is 0 Å². The quantitative estimate of drug-likeness (QED) is 0.373. The van der Waals surface area contributed by atoms with Gasteiger partial charge in [-0.05, 0) is 31.2 Å². The second kappa shape index (κ2) is 9.73. The highest BCUT2D eigenvalue weighted by Gasteiger charge is 2.31. The van der Waals surface area contributed by atoms with E-state index in [0.717, 1.165) is 24.4 Å². The number of aryl methyl sites for hydroxylation is 1. The average molecular weight is 479 g/mol. The number of amides is 1. The molecular formula is C22H17F4N3O5. The highest BCUT2D eigenvalue weighted by atomic mass is 19.4. The summed E-state index contributed by atoms with van der Waals surface area (Å²) in [6, 6.07) is 5.69. The maximum Gasteiger partial charge on any atom is 0.573 e. The van der Waals surface area contributed by atoms with Gasteiger partial charge < -0.3 is 19.5 Å². The van der Waals surface area contributed by atoms with E-state index >= 15 is 0 Å². The van der Waals surface area contributed by atoms with Crippen molar-refractivity contribution in [3.63, 3.8) is 0 Å². The van der Waals surface area contributed by atoms with Gasteiger partial charge in [0.2, 0.25) is 0 Å². The zero-order valence-electron chi connectivity index (χ0n) is 18.0. The fourth-order valence-corrected chi connectivity index (χ4v) is 2.80. The summed E-state index contributed by atoms with van der Waals surface area (Å²) in [6.07, 6.45) is -2.54. The van der Waals surface area contributed by atoms with Gasteiger partial charge in [0.05, 0.1) is 19.0 Å². The van der Waals surface area contributed by atoms with Crippen LogP contribution in [0.2, 0.25) is 0 Å². The largest absolute Gasteiger partial charge is 0.573 e. The van der Waals surface area contributed by atoms with E-state index in [1.54, 1.807) is 0 Å². The first kappa shape index (κ1) is 24.4. The molecule has 8 nitrogen and oxygen atoms in total. The molecule has 0 aliphatic carbocycles. The number of aromatic nitrogens is 2. The van der Waals surface area contributed by atoms with Crippen molar-refractivity contribution < 1.29 is 41.4 Å². The molecule has 0 atom stereocenters. The molecule has 0 saturated carbocycles. The molecule has 3 aromatic rings. The molecule has 2 heterocycles. The van der Waals surface area contributed by atoms with E-state index < -0.39 is 29.4 Å². The molecule has 12 heteroatoms. The van der Waals surface area contributed by atoms with E-state index in [4.69, 9.17) is 9.47 Å². The van der Waals surface area contributed by atoms with Crippen LogP contribution in [0.25, 0.3) is 0 Å². The van der Waals surface area contributed by atoms with Crippen LogP contribution in [0.15, 0.2) is 42.7 Å². The molecule has 0 fully saturated rings. The van der Waals surface area contributed by atoms with Gasteiger partial charge in [-0.2, -0.15) is 0 Å². The zero-order valence-corrected chi connectivity index (χ0v) is 18.0. The number of nitrogens with one attached hydrogen (secondary N) is 1. The van der Waals surface area contributed by atoms with Gasteiger partial charge in [-0.25, -0.2) is 4.39 Å². The summed E-state index contributed by atoms with van der Waals surface area (Å²) >= 11 is 0. The Kier molecular flexibility index (Phi) is 6.99. The van der Waals surface area contributed by atoms with Crippen molar-refractivity contribution in [2.24, 2.45) is 0 Å². The monoisotopic (exact) mass is 479 g/mol. The Hall–Kier alpha value is -4.22. The van der Waals surface area contributed by atoms with Crippen molar-refractivity contribution in [1.29, 1.82) is 0 Å². The lowest BCUT2D eigenvalue weighted by atomic mass is 10.1. The van der Waals surface area contributed by atoms with E-state index in [0.29, 0.717) is 0 Å². The number of hydrogen-bond donors (Lipinski definition) is 1. The van der Waals surface area contributed by atoms with Crippen LogP contribution in [0.3, 0.4) is 0 Å². The van der Waals surface area contributed by atoms with Gasteiger partial charge in [0, 0.05) is 24.9 Å². The smallest absolute Gasteiger partial charge is 0.493 e. The number of carbonyl (C=O) groups excluding carboxylic acids is 2. The Morgan fingerprint density at radius 2 is 1.76 bits per heavy atom. The molecule has 178 valence electrons. The fraction of sp³-hybridized carbons (Fsp3) is 0.182. The Bertz CT molecular complexity index is 1250. The molecule has 0 aliphatic rings. The van der Waals surface area contributed by atoms with Crippen LogP contribution in [0.5, 0.6) is 23.0 Å². The summed E-state index contributed by atoms with van der Waals surface area (Å²) in [5.74, 6) is -3.43. The molecule has 0 aliphatic heterocycles. The van der Waals surface area contributed by atoms with Gasteiger partial charge in [-0.15, -0.1) is 13.2 Å². The number of ketones is 1. The summed E-state index contributed by atoms with van der Waals surface area (Å²) in [6.45, 7) is 2.63. The van der Waals surface area contributed by atoms with E-state index in [1.165, 1.54) is 39.3 Å². The summed E-state index contributed by atoms with van der Waals surface area (Å²) < 4.78 is 66.8. The second-order valence-corrected chi connectivity index (χ2v) is 6.80. The number of rotatable bonds is 7. The first-order valence-electron chi connectivity index (χ1n) is 9.53. The maximum absolute atomic E-state index is 14.9. The lowest BCUT2D eigenvalue weighted by molar-refractivity contribution is -0.274. The van der Waals surface area contributed by atoms with Crippen molar-refractivity contribution in [1.82, 2.24) is 9.97 Å². The van der Waals surface area contributed by atoms with Crippen LogP contribution in [-0.2, 0) is 0 Å². The topological polar surface area (TPSA) is 99.6 Å². The highest BCUT2D eigenvalue weighted by molar-refractivity contribution is 6.07. The van der Waals surface area contributed by atoms with Crippen molar-refractivity contribution in [3.8, 4) is 23.0 Å². The molecule has 0 radical (unpaired) electrons. The predicted octanol–water partition coefficient (Wildman–Crippen LogP) is 5.08. The van der Waals surface area contributed by atoms with Gasteiger partial charge in [-0.3, -0.25) is 19.6 Å². The number of Topliss-reactive ketones (excluding diaryl/α,β-unsaturated/α-hetero) is 1. The van der Waals surface area contributed by atoms with Gasteiger partial charge in [0.15, 0.2) is 28.8 Å². The average Bonchev–Trinajstić information content (AvgIpc) is 2.76. The minimum Gasteiger partial charge on any atom is -0.493 e. The van der Waals surface area contributed by atoms with E-state index in [9.17, 15) is 27.2 Å². The van der Waals surface area contributed by atoms with E-state index in [1.807, 2.05) is 0 Å². The molecule has 3 rings (SSSR count). The minimum absolute atomic E-state index is 0.0894. The van der Waals surface area contributed by atoms with Crippen LogP contribution < -0.4 is 19.5 Å². The van der Waals surface area contributed by atoms with Crippen molar-refractivity contribution in [2.75, 3.05) is 12.4 Å². The Labute approximate surface area is 190 Å². The molecule has 1 amide bonds. The Morgan fingerprint density at radius 1 is 1.03 bits per heavy atom. The lowest BCUT2D eigenvalue weighted by Gasteiger charge is -2.16. The van der Waals surface area contributed by atoms with E-state index in [2.05, 4.69) is 20.0 Å². The minimum atomic E-state index is -4.92. The SMILES string of the molecule is COc1cc(OC(F)(F)F)ccc1Oc1cnc(C)c(F)c1C(=O)Nc1ccnc(C(C)=O)c1. The molecule has 34 heavy (non-hydrogen) atoms. The van der Waals surface area contributed by atoms with Crippen molar-refractivity contribution in [2.45, 2.75) is 20.2 Å². The van der Waals surface area contributed by atoms with Crippen molar-refractivity contribution >= 4 is 17.4 Å². The third-order valence-corrected chi connectivity index (χ3v) is 4.35. The number of carbonyl (C=O) groups is 2. The van der Waals surface area contributed by atoms with Gasteiger partial charge in [0.1, 0.15) is 17.0 Å². The lowest BCUT2D eigenvalue weighted by Crippen LogP contribution is -2.17. The molecular weight excluding hydrogens is 462 g/mol. The normalized spacial score (nSPS) is 11.0. The molecule has 1 N–H and O–H groups in total. The third kappa shape index (κ3) is 5.77. The molecule has 0 bridgehead atoms. The van der Waals surface area contributed by atoms with Crippen LogP contribution in [-0.4, -0.2) is 35.1 Å². The molecule has 0 saturated heterocycles. The second-order valence-electron chi connectivity index (χ2n) is 6.80. The Balaban J connectivity index is 1.95. The fourth-order valence-electron chi connectivity index (χ4n) is 2.80. The molecule has 0 unspecified atom stereocenters. The van der Waals surface area contributed by atoms with Gasteiger partial charge in [0.25, 0.3) is 5.91 Å². The summed E-state index contributed by atoms with van der Waals surface area (Å²) in [4.78, 5) is 32.1. The van der Waals surface area contributed by atoms with Crippen LogP contribution >= 0.6 is 0 Å². The predicted molar refractivity (Wildman–Crippen MR) is 111 cm³/mol. The number of methoxy groups -OCH3 is 1. The molecule has 0 spiro atoms. The summed E-state index contributed by atoms with van der Waals surface area (Å²) in [5.41, 5.74) is -0.355. The zero-order chi connectivity index (χ0) is 25.0. The van der Waals surface area contributed by atoms with Gasteiger partial charge >= 0.3 is 6.36 Å². The van der Waals surface area contributed by atoms with Crippen LogP contribution in [0.1, 0.15) is 33.5 Å². The molecule has 1 aromatic carbocycles. The standard InChI is InChI=1S/C22H17F4N3O5/c1-11-20(23)19(21(31)29-13-6-7-27-15(8-13)12(2)30)18(10-28-11)33-16-5-4-14(9-17(16)32-3)34-22(24,25)26/h4-10H,1-3H3,(H,27,29,31). The number of hydrogen-bond acceptors (Lipinski definition) is 7. The Morgan fingerprint density at radius 3 is 2.41 bits per heavy atom. The van der Waals surface area contributed by atoms with E-state index in [-0.39, 0.29) is 40.1 Å². The number of alkyl halides is 3. The number of pyridine rings is 2. The first-order chi connectivity index (χ1) is 16.0. The van der Waals surface area contributed by atoms with Crippen LogP contribution in [0.4, 0.5) is 23.2 Å². The summed E-state index contributed by atoms with van der Waals surface area (Å²) in [5, 5.41) is 2.46. The number of anilines is 1. The molecule has 2 aromatic heterocycles. The highest BCUT2D eigenvalue weighted by Crippen LogP contribution is 2.38. The number of halogens is 4. The third-order valence-electron chi connectivity index (χ3n) is 4.35. The summed E-state index contributed by atoms with van der Waals surface area (Å²) in [7, 11) is 1.18. The van der Waals surface area contributed by atoms with Crippen molar-refractivity contribution in [3.05, 3.63) is 65.5 Å². The first-order valence-corrected chi connectivity index (χ1v) is 9.53. The number of ether oxygens (including phenoxy) is 3. The maximum atomic E-state index is 14.9. The van der Waals surface area contributed by atoms with Crippen LogP contribution in [0, 0.1) is 12.7 Å². The number of nitrogens with zero attached hydrogens (tertiary/aromatic N) is 2.